The molecule has 3 N–H and O–H groups in total. The maximum atomic E-state index is 12.4. The fourth-order valence-electron chi connectivity index (χ4n) is 2.48. The molecule has 0 aliphatic carbocycles. The Kier molecular flexibility index (Phi) is 5.41. The Hall–Kier alpha value is -2.90. The van der Waals surface area contributed by atoms with Crippen LogP contribution in [0, 0.1) is 5.41 Å². The number of para-hydroxylation sites is 1. The lowest BCUT2D eigenvalue weighted by atomic mass is 9.92. The lowest BCUT2D eigenvalue weighted by molar-refractivity contribution is -0.138. The average Bonchev–Trinajstić information content (AvgIpc) is 3.05. The van der Waals surface area contributed by atoms with Crippen LogP contribution in [0.5, 0.6) is 0 Å². The fraction of sp³-hybridized carbons (Fsp3) is 0.412. The molecule has 134 valence electrons. The molecule has 2 amide bonds. The number of aliphatic carboxylic acids is 1. The summed E-state index contributed by atoms with van der Waals surface area (Å²) < 4.78 is 0. The lowest BCUT2D eigenvalue weighted by Gasteiger charge is -2.22. The fourth-order valence-corrected chi connectivity index (χ4v) is 2.48. The van der Waals surface area contributed by atoms with Crippen LogP contribution in [0.2, 0.25) is 0 Å². The van der Waals surface area contributed by atoms with Crippen molar-refractivity contribution in [3.05, 3.63) is 30.3 Å². The van der Waals surface area contributed by atoms with Gasteiger partial charge in [0.2, 0.25) is 5.91 Å². The quantitative estimate of drug-likeness (QED) is 0.698. The molecule has 0 bridgehead atoms. The van der Waals surface area contributed by atoms with Gasteiger partial charge in [-0.05, 0) is 26.0 Å². The molecule has 8 heteroatoms. The van der Waals surface area contributed by atoms with E-state index in [0.29, 0.717) is 5.69 Å². The molecule has 0 aromatic heterocycles. The first-order chi connectivity index (χ1) is 11.8. The van der Waals surface area contributed by atoms with E-state index in [9.17, 15) is 19.5 Å². The van der Waals surface area contributed by atoms with Gasteiger partial charge in [-0.1, -0.05) is 18.2 Å². The molecule has 0 saturated carbocycles. The number of anilines is 1. The second-order valence-electron chi connectivity index (χ2n) is 6.43. The average molecular weight is 346 g/mol. The third-order valence-electron chi connectivity index (χ3n) is 4.01. The van der Waals surface area contributed by atoms with Crippen LogP contribution in [0.25, 0.3) is 0 Å². The first-order valence-corrected chi connectivity index (χ1v) is 7.91. The second kappa shape index (κ2) is 7.33. The van der Waals surface area contributed by atoms with Gasteiger partial charge in [-0.15, -0.1) is 0 Å². The molecular weight excluding hydrogens is 324 g/mol. The smallest absolute Gasteiger partial charge is 0.328 e. The Morgan fingerprint density at radius 3 is 2.48 bits per heavy atom. The van der Waals surface area contributed by atoms with Crippen molar-refractivity contribution in [3.8, 4) is 0 Å². The molecular formula is C17H22N4O4. The van der Waals surface area contributed by atoms with Crippen LogP contribution >= 0.6 is 0 Å². The SMILES string of the molecule is CNC(=O)C(C)(C)CNC(=O)C1=NN(c2ccccc2)C(C(=O)O)C1. The predicted molar refractivity (Wildman–Crippen MR) is 93.3 cm³/mol. The summed E-state index contributed by atoms with van der Waals surface area (Å²) in [6, 6.07) is 7.88. The van der Waals surface area contributed by atoms with Gasteiger partial charge in [-0.25, -0.2) is 4.79 Å². The van der Waals surface area contributed by atoms with Gasteiger partial charge in [-0.3, -0.25) is 14.6 Å². The van der Waals surface area contributed by atoms with E-state index in [1.54, 1.807) is 38.1 Å². The van der Waals surface area contributed by atoms with Crippen LogP contribution in [0.15, 0.2) is 35.4 Å². The van der Waals surface area contributed by atoms with Crippen molar-refractivity contribution in [1.82, 2.24) is 10.6 Å². The van der Waals surface area contributed by atoms with Crippen molar-refractivity contribution in [2.75, 3.05) is 18.6 Å². The Labute approximate surface area is 145 Å². The zero-order valence-electron chi connectivity index (χ0n) is 14.4. The van der Waals surface area contributed by atoms with Crippen molar-refractivity contribution in [2.45, 2.75) is 26.3 Å². The number of carbonyl (C=O) groups is 3. The molecule has 1 aliphatic heterocycles. The summed E-state index contributed by atoms with van der Waals surface area (Å²) in [4.78, 5) is 35.6. The Balaban J connectivity index is 2.12. The third-order valence-corrected chi connectivity index (χ3v) is 4.01. The van der Waals surface area contributed by atoms with Gasteiger partial charge in [-0.2, -0.15) is 5.10 Å². The number of carboxylic acid groups (broad SMARTS) is 1. The van der Waals surface area contributed by atoms with Crippen molar-refractivity contribution in [2.24, 2.45) is 10.5 Å². The minimum atomic E-state index is -1.05. The molecule has 1 aliphatic rings. The Morgan fingerprint density at radius 1 is 1.28 bits per heavy atom. The van der Waals surface area contributed by atoms with E-state index in [4.69, 9.17) is 0 Å². The molecule has 0 spiro atoms. The van der Waals surface area contributed by atoms with Gasteiger partial charge >= 0.3 is 5.97 Å². The number of nitrogens with one attached hydrogen (secondary N) is 2. The zero-order chi connectivity index (χ0) is 18.6. The van der Waals surface area contributed by atoms with Gasteiger partial charge in [0.15, 0.2) is 6.04 Å². The zero-order valence-corrected chi connectivity index (χ0v) is 14.4. The topological polar surface area (TPSA) is 111 Å². The maximum Gasteiger partial charge on any atom is 0.328 e. The molecule has 0 radical (unpaired) electrons. The van der Waals surface area contributed by atoms with Crippen molar-refractivity contribution < 1.29 is 19.5 Å². The highest BCUT2D eigenvalue weighted by atomic mass is 16.4. The molecule has 2 rings (SSSR count). The van der Waals surface area contributed by atoms with Crippen LogP contribution in [-0.4, -0.2) is 48.2 Å². The highest BCUT2D eigenvalue weighted by Crippen LogP contribution is 2.24. The summed E-state index contributed by atoms with van der Waals surface area (Å²) in [6.45, 7) is 3.53. The summed E-state index contributed by atoms with van der Waals surface area (Å²) in [5.41, 5.74) is -0.0538. The number of carbonyl (C=O) groups excluding carboxylic acids is 2. The summed E-state index contributed by atoms with van der Waals surface area (Å²) in [7, 11) is 1.53. The van der Waals surface area contributed by atoms with Crippen LogP contribution in [0.3, 0.4) is 0 Å². The molecule has 0 fully saturated rings. The molecule has 25 heavy (non-hydrogen) atoms. The number of carboxylic acids is 1. The number of hydrazone groups is 1. The molecule has 1 atom stereocenters. The first kappa shape index (κ1) is 18.4. The van der Waals surface area contributed by atoms with E-state index >= 15 is 0 Å². The van der Waals surface area contributed by atoms with Gasteiger partial charge in [0.05, 0.1) is 11.1 Å². The summed E-state index contributed by atoms with van der Waals surface area (Å²) in [5, 5.41) is 20.1. The van der Waals surface area contributed by atoms with Gasteiger partial charge < -0.3 is 15.7 Å². The van der Waals surface area contributed by atoms with Crippen LogP contribution in [-0.2, 0) is 14.4 Å². The van der Waals surface area contributed by atoms with E-state index in [-0.39, 0.29) is 24.6 Å². The van der Waals surface area contributed by atoms with E-state index in [2.05, 4.69) is 15.7 Å². The normalized spacial score (nSPS) is 17.0. The third kappa shape index (κ3) is 4.14. The number of benzene rings is 1. The minimum Gasteiger partial charge on any atom is -0.480 e. The monoisotopic (exact) mass is 346 g/mol. The number of rotatable bonds is 6. The number of hydrogen-bond acceptors (Lipinski definition) is 5. The molecule has 1 unspecified atom stereocenters. The van der Waals surface area contributed by atoms with Crippen molar-refractivity contribution in [3.63, 3.8) is 0 Å². The van der Waals surface area contributed by atoms with Gasteiger partial charge in [0.1, 0.15) is 5.71 Å². The lowest BCUT2D eigenvalue weighted by Crippen LogP contribution is -2.45. The van der Waals surface area contributed by atoms with Crippen LogP contribution in [0.4, 0.5) is 5.69 Å². The standard InChI is InChI=1S/C17H22N4O4/c1-17(2,16(25)18-3)10-19-14(22)12-9-13(15(23)24)21(20-12)11-7-5-4-6-8-11/h4-8,13H,9-10H2,1-3H3,(H,18,25)(H,19,22)(H,23,24). The largest absolute Gasteiger partial charge is 0.480 e. The van der Waals surface area contributed by atoms with Gasteiger partial charge in [0, 0.05) is 20.0 Å². The minimum absolute atomic E-state index is 0.00351. The van der Waals surface area contributed by atoms with Gasteiger partial charge in [0.25, 0.3) is 5.91 Å². The molecule has 8 nitrogen and oxygen atoms in total. The Morgan fingerprint density at radius 2 is 1.92 bits per heavy atom. The summed E-state index contributed by atoms with van der Waals surface area (Å²) >= 11 is 0. The molecule has 1 heterocycles. The number of amides is 2. The number of nitrogens with zero attached hydrogens (tertiary/aromatic N) is 2. The van der Waals surface area contributed by atoms with E-state index < -0.39 is 23.3 Å². The Bertz CT molecular complexity index is 700. The maximum absolute atomic E-state index is 12.4. The molecule has 1 aromatic rings. The van der Waals surface area contributed by atoms with E-state index in [1.807, 2.05) is 6.07 Å². The van der Waals surface area contributed by atoms with Crippen molar-refractivity contribution in [1.29, 1.82) is 0 Å². The van der Waals surface area contributed by atoms with E-state index in [1.165, 1.54) is 12.1 Å². The van der Waals surface area contributed by atoms with Crippen LogP contribution in [0.1, 0.15) is 20.3 Å². The summed E-state index contributed by atoms with van der Waals surface area (Å²) in [5.74, 6) is -1.72. The van der Waals surface area contributed by atoms with Crippen LogP contribution < -0.4 is 15.6 Å². The second-order valence-corrected chi connectivity index (χ2v) is 6.43. The number of hydrogen-bond donors (Lipinski definition) is 3. The highest BCUT2D eigenvalue weighted by molar-refractivity contribution is 6.40. The first-order valence-electron chi connectivity index (χ1n) is 7.91. The molecule has 0 saturated heterocycles. The molecule has 1 aromatic carbocycles. The highest BCUT2D eigenvalue weighted by Gasteiger charge is 2.37. The van der Waals surface area contributed by atoms with E-state index in [0.717, 1.165) is 0 Å². The predicted octanol–water partition coefficient (Wildman–Crippen LogP) is 0.594. The summed E-state index contributed by atoms with van der Waals surface area (Å²) in [6.07, 6.45) is -0.00351. The van der Waals surface area contributed by atoms with Crippen molar-refractivity contribution >= 4 is 29.2 Å².